The summed E-state index contributed by atoms with van der Waals surface area (Å²) < 4.78 is 0. The molecule has 0 aromatic heterocycles. The molecule has 2 heteroatoms. The molecule has 0 saturated carbocycles. The molecule has 0 rings (SSSR count). The average molecular weight is 284 g/mol. The van der Waals surface area contributed by atoms with E-state index in [1.165, 1.54) is 57.8 Å². The van der Waals surface area contributed by atoms with Crippen LogP contribution in [-0.2, 0) is 4.79 Å². The molecular formula is C18H37NO. The highest BCUT2D eigenvalue weighted by Gasteiger charge is 2.10. The molecule has 0 aliphatic carbocycles. The maximum absolute atomic E-state index is 11.7. The lowest BCUT2D eigenvalue weighted by Crippen LogP contribution is -2.39. The van der Waals surface area contributed by atoms with E-state index in [-0.39, 0.29) is 5.54 Å². The van der Waals surface area contributed by atoms with Crippen molar-refractivity contribution in [1.29, 1.82) is 0 Å². The Morgan fingerprint density at radius 2 is 1.25 bits per heavy atom. The Morgan fingerprint density at radius 1 is 0.800 bits per heavy atom. The fraction of sp³-hybridized carbons (Fsp3) is 0.944. The SMILES string of the molecule is CCCCCCCCCCCCC(=O)CNC(C)(C)C. The summed E-state index contributed by atoms with van der Waals surface area (Å²) in [4.78, 5) is 11.7. The highest BCUT2D eigenvalue weighted by Crippen LogP contribution is 2.11. The van der Waals surface area contributed by atoms with Crippen molar-refractivity contribution in [3.8, 4) is 0 Å². The van der Waals surface area contributed by atoms with E-state index in [9.17, 15) is 4.79 Å². The van der Waals surface area contributed by atoms with Crippen molar-refractivity contribution in [2.75, 3.05) is 6.54 Å². The van der Waals surface area contributed by atoms with Gasteiger partial charge in [-0.15, -0.1) is 0 Å². The van der Waals surface area contributed by atoms with Gasteiger partial charge < -0.3 is 5.32 Å². The molecule has 0 fully saturated rings. The van der Waals surface area contributed by atoms with Crippen LogP contribution in [0.1, 0.15) is 98.3 Å². The third kappa shape index (κ3) is 15.7. The summed E-state index contributed by atoms with van der Waals surface area (Å²) in [6, 6.07) is 0. The second kappa shape index (κ2) is 12.4. The van der Waals surface area contributed by atoms with Crippen LogP contribution >= 0.6 is 0 Å². The first-order valence-corrected chi connectivity index (χ1v) is 8.72. The van der Waals surface area contributed by atoms with Crippen LogP contribution in [0, 0.1) is 0 Å². The molecule has 20 heavy (non-hydrogen) atoms. The van der Waals surface area contributed by atoms with Crippen LogP contribution in [0.2, 0.25) is 0 Å². The maximum Gasteiger partial charge on any atom is 0.146 e. The molecule has 0 amide bonds. The fourth-order valence-corrected chi connectivity index (χ4v) is 2.26. The quantitative estimate of drug-likeness (QED) is 0.467. The van der Waals surface area contributed by atoms with Crippen molar-refractivity contribution in [2.24, 2.45) is 0 Å². The van der Waals surface area contributed by atoms with Gasteiger partial charge in [-0.3, -0.25) is 4.79 Å². The number of nitrogens with one attached hydrogen (secondary N) is 1. The number of rotatable bonds is 13. The van der Waals surface area contributed by atoms with Gasteiger partial charge in [-0.25, -0.2) is 0 Å². The molecule has 1 N–H and O–H groups in total. The fourth-order valence-electron chi connectivity index (χ4n) is 2.26. The van der Waals surface area contributed by atoms with Gasteiger partial charge in [0.25, 0.3) is 0 Å². The van der Waals surface area contributed by atoms with Gasteiger partial charge in [0, 0.05) is 12.0 Å². The summed E-state index contributed by atoms with van der Waals surface area (Å²) in [7, 11) is 0. The van der Waals surface area contributed by atoms with E-state index < -0.39 is 0 Å². The van der Waals surface area contributed by atoms with Gasteiger partial charge in [0.2, 0.25) is 0 Å². The van der Waals surface area contributed by atoms with Crippen LogP contribution in [-0.4, -0.2) is 17.9 Å². The highest BCUT2D eigenvalue weighted by molar-refractivity contribution is 5.80. The van der Waals surface area contributed by atoms with Crippen molar-refractivity contribution < 1.29 is 4.79 Å². The molecule has 2 nitrogen and oxygen atoms in total. The van der Waals surface area contributed by atoms with Gasteiger partial charge in [-0.1, -0.05) is 64.7 Å². The lowest BCUT2D eigenvalue weighted by atomic mass is 10.0. The number of hydrogen-bond donors (Lipinski definition) is 1. The van der Waals surface area contributed by atoms with Gasteiger partial charge in [0.05, 0.1) is 6.54 Å². The minimum absolute atomic E-state index is 0.0490. The van der Waals surface area contributed by atoms with Crippen LogP contribution in [0.5, 0.6) is 0 Å². The van der Waals surface area contributed by atoms with Gasteiger partial charge in [0.1, 0.15) is 5.78 Å². The lowest BCUT2D eigenvalue weighted by Gasteiger charge is -2.19. The number of hydrogen-bond acceptors (Lipinski definition) is 2. The topological polar surface area (TPSA) is 29.1 Å². The van der Waals surface area contributed by atoms with E-state index in [4.69, 9.17) is 0 Å². The summed E-state index contributed by atoms with van der Waals surface area (Å²) in [5.41, 5.74) is 0.0490. The first kappa shape index (κ1) is 19.6. The van der Waals surface area contributed by atoms with E-state index in [0.29, 0.717) is 12.3 Å². The summed E-state index contributed by atoms with van der Waals surface area (Å²) in [5.74, 6) is 0.361. The molecule has 0 heterocycles. The highest BCUT2D eigenvalue weighted by atomic mass is 16.1. The van der Waals surface area contributed by atoms with Crippen molar-refractivity contribution in [3.63, 3.8) is 0 Å². The number of Topliss-reactive ketones (excluding diaryl/α,β-unsaturated/α-hetero) is 1. The monoisotopic (exact) mass is 283 g/mol. The average Bonchev–Trinajstić information content (AvgIpc) is 2.38. The van der Waals surface area contributed by atoms with Gasteiger partial charge in [-0.05, 0) is 27.2 Å². The first-order chi connectivity index (χ1) is 9.45. The van der Waals surface area contributed by atoms with Gasteiger partial charge >= 0.3 is 0 Å². The third-order valence-corrected chi connectivity index (χ3v) is 3.63. The zero-order valence-electron chi connectivity index (χ0n) is 14.4. The molecule has 0 atom stereocenters. The number of unbranched alkanes of at least 4 members (excludes halogenated alkanes) is 9. The van der Waals surface area contributed by atoms with Gasteiger partial charge in [-0.2, -0.15) is 0 Å². The van der Waals surface area contributed by atoms with E-state index in [0.717, 1.165) is 12.8 Å². The summed E-state index contributed by atoms with van der Waals surface area (Å²) in [6.45, 7) is 9.08. The number of carbonyl (C=O) groups excluding carboxylic acids is 1. The molecule has 0 bridgehead atoms. The summed E-state index contributed by atoms with van der Waals surface area (Å²) in [5, 5.41) is 3.26. The predicted octanol–water partition coefficient (Wildman–Crippen LogP) is 5.25. The molecule has 0 aromatic carbocycles. The molecule has 0 aliphatic rings. The lowest BCUT2D eigenvalue weighted by molar-refractivity contribution is -0.118. The van der Waals surface area contributed by atoms with Crippen molar-refractivity contribution in [1.82, 2.24) is 5.32 Å². The molecular weight excluding hydrogens is 246 g/mol. The Kier molecular flexibility index (Phi) is 12.1. The first-order valence-electron chi connectivity index (χ1n) is 8.72. The normalized spacial score (nSPS) is 11.8. The Balaban J connectivity index is 3.21. The molecule has 0 aliphatic heterocycles. The molecule has 0 radical (unpaired) electrons. The van der Waals surface area contributed by atoms with E-state index in [1.54, 1.807) is 0 Å². The smallest absolute Gasteiger partial charge is 0.146 e. The van der Waals surface area contributed by atoms with Crippen LogP contribution in [0.3, 0.4) is 0 Å². The van der Waals surface area contributed by atoms with Crippen LogP contribution in [0.15, 0.2) is 0 Å². The Bertz CT molecular complexity index is 230. The zero-order chi connectivity index (χ0) is 15.3. The zero-order valence-corrected chi connectivity index (χ0v) is 14.4. The maximum atomic E-state index is 11.7. The molecule has 0 aromatic rings. The summed E-state index contributed by atoms with van der Waals surface area (Å²) >= 11 is 0. The second-order valence-corrected chi connectivity index (χ2v) is 7.07. The third-order valence-electron chi connectivity index (χ3n) is 3.63. The van der Waals surface area contributed by atoms with Crippen molar-refractivity contribution in [3.05, 3.63) is 0 Å². The Labute approximate surface area is 127 Å². The molecule has 0 spiro atoms. The minimum atomic E-state index is 0.0490. The Hall–Kier alpha value is -0.370. The van der Waals surface area contributed by atoms with E-state index in [1.807, 2.05) is 0 Å². The van der Waals surface area contributed by atoms with Crippen LogP contribution in [0.4, 0.5) is 0 Å². The second-order valence-electron chi connectivity index (χ2n) is 7.07. The largest absolute Gasteiger partial charge is 0.305 e. The molecule has 120 valence electrons. The summed E-state index contributed by atoms with van der Waals surface area (Å²) in [6.07, 6.45) is 14.0. The number of ketones is 1. The standard InChI is InChI=1S/C18H37NO/c1-5-6-7-8-9-10-11-12-13-14-15-17(20)16-19-18(2,3)4/h19H,5-16H2,1-4H3. The minimum Gasteiger partial charge on any atom is -0.305 e. The number of carbonyl (C=O) groups is 1. The molecule has 0 unspecified atom stereocenters. The van der Waals surface area contributed by atoms with E-state index in [2.05, 4.69) is 33.0 Å². The van der Waals surface area contributed by atoms with Gasteiger partial charge in [0.15, 0.2) is 0 Å². The van der Waals surface area contributed by atoms with Crippen LogP contribution < -0.4 is 5.32 Å². The van der Waals surface area contributed by atoms with Crippen molar-refractivity contribution >= 4 is 5.78 Å². The van der Waals surface area contributed by atoms with Crippen molar-refractivity contribution in [2.45, 2.75) is 104 Å². The predicted molar refractivity (Wildman–Crippen MR) is 89.2 cm³/mol. The van der Waals surface area contributed by atoms with Crippen LogP contribution in [0.25, 0.3) is 0 Å². The molecule has 0 saturated heterocycles. The van der Waals surface area contributed by atoms with E-state index >= 15 is 0 Å². The Morgan fingerprint density at radius 3 is 1.70 bits per heavy atom.